The molecule has 21 heavy (non-hydrogen) atoms. The first kappa shape index (κ1) is 16.9. The maximum absolute atomic E-state index is 12.7. The van der Waals surface area contributed by atoms with Gasteiger partial charge in [0.25, 0.3) is 0 Å². The largest absolute Gasteiger partial charge is 0.494 e. The van der Waals surface area contributed by atoms with Crippen LogP contribution in [0.3, 0.4) is 0 Å². The van der Waals surface area contributed by atoms with Crippen LogP contribution in [0.5, 0.6) is 5.75 Å². The zero-order valence-corrected chi connectivity index (χ0v) is 12.2. The molecule has 1 N–H and O–H groups in total. The second-order valence-electron chi connectivity index (χ2n) is 4.45. The number of benzene rings is 1. The Balaban J connectivity index is 2.18. The molecule has 0 saturated heterocycles. The number of hydrogen-bond donors (Lipinski definition) is 1. The summed E-state index contributed by atoms with van der Waals surface area (Å²) in [7, 11) is 0. The van der Waals surface area contributed by atoms with Crippen LogP contribution in [0.15, 0.2) is 24.3 Å². The lowest BCUT2D eigenvalue weighted by molar-refractivity contribution is -0.146. The van der Waals surface area contributed by atoms with Crippen molar-refractivity contribution < 1.29 is 23.5 Å². The Hall–Kier alpha value is -2.11. The Labute approximate surface area is 123 Å². The molecule has 0 radical (unpaired) electrons. The summed E-state index contributed by atoms with van der Waals surface area (Å²) in [5, 5.41) is 2.55. The fraction of sp³-hybridized carbons (Fsp3) is 0.467. The van der Waals surface area contributed by atoms with Crippen molar-refractivity contribution in [3.05, 3.63) is 30.1 Å². The predicted molar refractivity (Wildman–Crippen MR) is 75.4 cm³/mol. The molecule has 5 nitrogen and oxygen atoms in total. The van der Waals surface area contributed by atoms with Gasteiger partial charge in [-0.1, -0.05) is 0 Å². The highest BCUT2D eigenvalue weighted by molar-refractivity contribution is 5.84. The number of ether oxygens (including phenoxy) is 2. The molecule has 6 heteroatoms. The van der Waals surface area contributed by atoms with Crippen LogP contribution in [-0.2, 0) is 14.3 Å². The van der Waals surface area contributed by atoms with Crippen LogP contribution in [0.1, 0.15) is 26.7 Å². The van der Waals surface area contributed by atoms with E-state index in [0.29, 0.717) is 18.8 Å². The van der Waals surface area contributed by atoms with Gasteiger partial charge >= 0.3 is 5.97 Å². The summed E-state index contributed by atoms with van der Waals surface area (Å²) in [4.78, 5) is 22.9. The molecule has 0 spiro atoms. The number of amides is 1. The minimum atomic E-state index is -0.657. The molecule has 1 rings (SSSR count). The molecule has 1 aromatic carbocycles. The van der Waals surface area contributed by atoms with Crippen LogP contribution in [-0.4, -0.2) is 31.1 Å². The minimum absolute atomic E-state index is 0.238. The quantitative estimate of drug-likeness (QED) is 0.589. The third-order valence-corrected chi connectivity index (χ3v) is 2.65. The summed E-state index contributed by atoms with van der Waals surface area (Å²) in [6, 6.07) is 5.01. The van der Waals surface area contributed by atoms with Crippen LogP contribution in [0.25, 0.3) is 0 Å². The maximum atomic E-state index is 12.7. The van der Waals surface area contributed by atoms with Crippen molar-refractivity contribution in [2.75, 3.05) is 13.2 Å². The molecule has 0 aromatic heterocycles. The fourth-order valence-electron chi connectivity index (χ4n) is 1.59. The molecule has 0 saturated carbocycles. The van der Waals surface area contributed by atoms with E-state index in [-0.39, 0.29) is 24.8 Å². The van der Waals surface area contributed by atoms with Gasteiger partial charge in [0.15, 0.2) is 0 Å². The van der Waals surface area contributed by atoms with Gasteiger partial charge in [-0.2, -0.15) is 0 Å². The van der Waals surface area contributed by atoms with E-state index in [9.17, 15) is 14.0 Å². The Morgan fingerprint density at radius 3 is 2.57 bits per heavy atom. The van der Waals surface area contributed by atoms with Crippen molar-refractivity contribution in [3.63, 3.8) is 0 Å². The summed E-state index contributed by atoms with van der Waals surface area (Å²) in [5.41, 5.74) is 0. The van der Waals surface area contributed by atoms with Crippen LogP contribution in [0.4, 0.5) is 4.39 Å². The first-order chi connectivity index (χ1) is 10.0. The van der Waals surface area contributed by atoms with Crippen molar-refractivity contribution in [1.82, 2.24) is 5.32 Å². The van der Waals surface area contributed by atoms with Crippen molar-refractivity contribution in [2.24, 2.45) is 0 Å². The van der Waals surface area contributed by atoms with Gasteiger partial charge in [-0.3, -0.25) is 4.79 Å². The van der Waals surface area contributed by atoms with Crippen molar-refractivity contribution >= 4 is 11.9 Å². The molecule has 1 atom stereocenters. The second-order valence-corrected chi connectivity index (χ2v) is 4.45. The molecule has 0 aliphatic heterocycles. The van der Waals surface area contributed by atoms with E-state index < -0.39 is 12.0 Å². The smallest absolute Gasteiger partial charge is 0.328 e. The SMILES string of the molecule is CCOC(=O)C(C)NC(=O)CCCOc1ccc(F)cc1. The van der Waals surface area contributed by atoms with E-state index in [2.05, 4.69) is 5.32 Å². The van der Waals surface area contributed by atoms with Gasteiger partial charge in [-0.25, -0.2) is 9.18 Å². The van der Waals surface area contributed by atoms with Gasteiger partial charge in [-0.15, -0.1) is 0 Å². The lowest BCUT2D eigenvalue weighted by Crippen LogP contribution is -2.39. The molecular weight excluding hydrogens is 277 g/mol. The number of nitrogens with one attached hydrogen (secondary N) is 1. The van der Waals surface area contributed by atoms with E-state index >= 15 is 0 Å². The Morgan fingerprint density at radius 2 is 1.95 bits per heavy atom. The number of esters is 1. The van der Waals surface area contributed by atoms with Crippen molar-refractivity contribution in [2.45, 2.75) is 32.7 Å². The lowest BCUT2D eigenvalue weighted by atomic mass is 10.2. The molecule has 0 bridgehead atoms. The third-order valence-electron chi connectivity index (χ3n) is 2.65. The molecule has 0 aliphatic carbocycles. The molecule has 116 valence electrons. The van der Waals surface area contributed by atoms with E-state index in [4.69, 9.17) is 9.47 Å². The van der Waals surface area contributed by atoms with Gasteiger partial charge in [0.2, 0.25) is 5.91 Å². The normalized spacial score (nSPS) is 11.6. The van der Waals surface area contributed by atoms with Gasteiger partial charge in [-0.05, 0) is 44.5 Å². The molecule has 1 aromatic rings. The Kier molecular flexibility index (Phi) is 7.21. The van der Waals surface area contributed by atoms with Crippen LogP contribution >= 0.6 is 0 Å². The topological polar surface area (TPSA) is 64.6 Å². The fourth-order valence-corrected chi connectivity index (χ4v) is 1.59. The van der Waals surface area contributed by atoms with Crippen molar-refractivity contribution in [3.8, 4) is 5.75 Å². The average Bonchev–Trinajstić information content (AvgIpc) is 2.45. The van der Waals surface area contributed by atoms with E-state index in [0.717, 1.165) is 0 Å². The summed E-state index contributed by atoms with van der Waals surface area (Å²) in [6.45, 7) is 3.90. The molecular formula is C15H20FNO4. The maximum Gasteiger partial charge on any atom is 0.328 e. The van der Waals surface area contributed by atoms with Gasteiger partial charge in [0.1, 0.15) is 17.6 Å². The molecule has 0 heterocycles. The van der Waals surface area contributed by atoms with E-state index in [1.54, 1.807) is 13.8 Å². The highest BCUT2D eigenvalue weighted by Crippen LogP contribution is 2.11. The summed E-state index contributed by atoms with van der Waals surface area (Å²) in [5.74, 6) is -0.460. The zero-order valence-electron chi connectivity index (χ0n) is 12.2. The van der Waals surface area contributed by atoms with Gasteiger partial charge < -0.3 is 14.8 Å². The average molecular weight is 297 g/mol. The molecule has 0 fully saturated rings. The standard InChI is InChI=1S/C15H20FNO4/c1-3-20-15(19)11(2)17-14(18)5-4-10-21-13-8-6-12(16)7-9-13/h6-9,11H,3-5,10H2,1-2H3,(H,17,18). The van der Waals surface area contributed by atoms with Crippen LogP contribution in [0, 0.1) is 5.82 Å². The van der Waals surface area contributed by atoms with Gasteiger partial charge in [0, 0.05) is 6.42 Å². The Morgan fingerprint density at radius 1 is 1.29 bits per heavy atom. The highest BCUT2D eigenvalue weighted by atomic mass is 19.1. The Bertz CT molecular complexity index is 461. The predicted octanol–water partition coefficient (Wildman–Crippen LogP) is 2.05. The van der Waals surface area contributed by atoms with Crippen LogP contribution < -0.4 is 10.1 Å². The monoisotopic (exact) mass is 297 g/mol. The third kappa shape index (κ3) is 6.74. The van der Waals surface area contributed by atoms with Gasteiger partial charge in [0.05, 0.1) is 13.2 Å². The van der Waals surface area contributed by atoms with Crippen molar-refractivity contribution in [1.29, 1.82) is 0 Å². The van der Waals surface area contributed by atoms with E-state index in [1.165, 1.54) is 24.3 Å². The summed E-state index contributed by atoms with van der Waals surface area (Å²) >= 11 is 0. The first-order valence-electron chi connectivity index (χ1n) is 6.87. The lowest BCUT2D eigenvalue weighted by Gasteiger charge is -2.12. The number of carbonyl (C=O) groups excluding carboxylic acids is 2. The second kappa shape index (κ2) is 8.94. The van der Waals surface area contributed by atoms with E-state index in [1.807, 2.05) is 0 Å². The number of carbonyl (C=O) groups is 2. The number of hydrogen-bond acceptors (Lipinski definition) is 4. The molecule has 1 unspecified atom stereocenters. The number of halogens is 1. The summed E-state index contributed by atoms with van der Waals surface area (Å²) in [6.07, 6.45) is 0.740. The zero-order chi connectivity index (χ0) is 15.7. The minimum Gasteiger partial charge on any atom is -0.494 e. The molecule has 0 aliphatic rings. The first-order valence-corrected chi connectivity index (χ1v) is 6.87. The summed E-state index contributed by atoms with van der Waals surface area (Å²) < 4.78 is 22.8. The highest BCUT2D eigenvalue weighted by Gasteiger charge is 2.15. The molecule has 1 amide bonds. The van der Waals surface area contributed by atoms with Crippen LogP contribution in [0.2, 0.25) is 0 Å². The number of rotatable bonds is 8.